The molecule has 0 aliphatic carbocycles. The summed E-state index contributed by atoms with van der Waals surface area (Å²) in [5.74, 6) is -0.00446. The molecule has 0 heterocycles. The lowest BCUT2D eigenvalue weighted by molar-refractivity contribution is 0.0499. The summed E-state index contributed by atoms with van der Waals surface area (Å²) in [4.78, 5) is 12.0. The van der Waals surface area contributed by atoms with Crippen molar-refractivity contribution in [1.29, 1.82) is 0 Å². The first-order valence-corrected chi connectivity index (χ1v) is 9.75. The van der Waals surface area contributed by atoms with Gasteiger partial charge in [-0.25, -0.2) is 13.2 Å². The number of ether oxygens (including phenoxy) is 2. The van der Waals surface area contributed by atoms with Crippen LogP contribution in [0.5, 0.6) is 5.75 Å². The summed E-state index contributed by atoms with van der Waals surface area (Å²) in [6.45, 7) is 2.36. The van der Waals surface area contributed by atoms with E-state index in [0.29, 0.717) is 23.6 Å². The van der Waals surface area contributed by atoms with Crippen LogP contribution in [0.25, 0.3) is 0 Å². The zero-order chi connectivity index (χ0) is 19.2. The number of anilines is 1. The number of carbonyl (C=O) groups excluding carboxylic acids is 1. The van der Waals surface area contributed by atoms with Gasteiger partial charge in [0, 0.05) is 7.05 Å². The van der Waals surface area contributed by atoms with E-state index in [0.717, 1.165) is 17.1 Å². The van der Waals surface area contributed by atoms with Crippen molar-refractivity contribution in [3.63, 3.8) is 0 Å². The predicted molar refractivity (Wildman–Crippen MR) is 100 cm³/mol. The number of esters is 1. The third-order valence-corrected chi connectivity index (χ3v) is 5.69. The average Bonchev–Trinajstić information content (AvgIpc) is 2.67. The number of rotatable bonds is 8. The van der Waals surface area contributed by atoms with Crippen molar-refractivity contribution in [2.45, 2.75) is 24.7 Å². The summed E-state index contributed by atoms with van der Waals surface area (Å²) in [6, 6.07) is 12.6. The van der Waals surface area contributed by atoms with Gasteiger partial charge in [0.25, 0.3) is 10.0 Å². The third kappa shape index (κ3) is 4.35. The number of carbonyl (C=O) groups is 1. The Morgan fingerprint density at radius 2 is 1.73 bits per heavy atom. The molecule has 7 heteroatoms. The first-order valence-electron chi connectivity index (χ1n) is 8.31. The van der Waals surface area contributed by atoms with Crippen molar-refractivity contribution in [2.24, 2.45) is 0 Å². The zero-order valence-electron chi connectivity index (χ0n) is 15.1. The quantitative estimate of drug-likeness (QED) is 0.520. The van der Waals surface area contributed by atoms with Crippen molar-refractivity contribution in [3.05, 3.63) is 54.1 Å². The van der Waals surface area contributed by atoms with Crippen molar-refractivity contribution in [3.8, 4) is 5.75 Å². The van der Waals surface area contributed by atoms with Crippen molar-refractivity contribution in [2.75, 3.05) is 25.1 Å². The van der Waals surface area contributed by atoms with E-state index in [9.17, 15) is 13.2 Å². The smallest absolute Gasteiger partial charge is 0.338 e. The van der Waals surface area contributed by atoms with E-state index in [1.807, 2.05) is 6.92 Å². The number of para-hydroxylation sites is 2. The highest BCUT2D eigenvalue weighted by Gasteiger charge is 2.24. The van der Waals surface area contributed by atoms with Crippen LogP contribution in [0, 0.1) is 0 Å². The second kappa shape index (κ2) is 8.71. The molecule has 2 aromatic rings. The molecule has 2 rings (SSSR count). The standard InChI is InChI=1S/C19H23NO5S/c1-4-5-14-25-19(21)15-10-12-16(13-11-15)26(22,23)20(2)17-8-6-7-9-18(17)24-3/h6-13H,4-5,14H2,1-3H3. The lowest BCUT2D eigenvalue weighted by Gasteiger charge is -2.21. The van der Waals surface area contributed by atoms with Crippen LogP contribution in [0.15, 0.2) is 53.4 Å². The number of sulfonamides is 1. The molecule has 0 amide bonds. The maximum absolute atomic E-state index is 12.8. The number of hydrogen-bond donors (Lipinski definition) is 0. The molecule has 0 atom stereocenters. The van der Waals surface area contributed by atoms with E-state index in [-0.39, 0.29) is 4.90 Å². The molecule has 0 aromatic heterocycles. The summed E-state index contributed by atoms with van der Waals surface area (Å²) < 4.78 is 37.2. The number of nitrogens with zero attached hydrogens (tertiary/aromatic N) is 1. The molecule has 0 saturated carbocycles. The minimum absolute atomic E-state index is 0.0796. The molecule has 140 valence electrons. The molecule has 26 heavy (non-hydrogen) atoms. The van der Waals surface area contributed by atoms with Crippen LogP contribution in [-0.4, -0.2) is 35.2 Å². The fourth-order valence-electron chi connectivity index (χ4n) is 2.33. The van der Waals surface area contributed by atoms with Gasteiger partial charge in [0.1, 0.15) is 5.75 Å². The molecule has 2 aromatic carbocycles. The Morgan fingerprint density at radius 1 is 1.08 bits per heavy atom. The molecule has 0 fully saturated rings. The number of hydrogen-bond acceptors (Lipinski definition) is 5. The van der Waals surface area contributed by atoms with E-state index >= 15 is 0 Å². The van der Waals surface area contributed by atoms with Gasteiger partial charge in [-0.2, -0.15) is 0 Å². The summed E-state index contributed by atoms with van der Waals surface area (Å²) in [5.41, 5.74) is 0.748. The van der Waals surface area contributed by atoms with Gasteiger partial charge < -0.3 is 9.47 Å². The van der Waals surface area contributed by atoms with Gasteiger partial charge in [0.15, 0.2) is 0 Å². The third-order valence-electron chi connectivity index (χ3n) is 3.90. The highest BCUT2D eigenvalue weighted by molar-refractivity contribution is 7.92. The van der Waals surface area contributed by atoms with Crippen LogP contribution >= 0.6 is 0 Å². The number of benzene rings is 2. The molecule has 0 aliphatic rings. The van der Waals surface area contributed by atoms with E-state index in [4.69, 9.17) is 9.47 Å². The predicted octanol–water partition coefficient (Wildman–Crippen LogP) is 3.48. The van der Waals surface area contributed by atoms with E-state index in [1.165, 1.54) is 38.4 Å². The maximum atomic E-state index is 12.8. The maximum Gasteiger partial charge on any atom is 0.338 e. The highest BCUT2D eigenvalue weighted by atomic mass is 32.2. The van der Waals surface area contributed by atoms with Gasteiger partial charge in [-0.15, -0.1) is 0 Å². The van der Waals surface area contributed by atoms with Crippen LogP contribution in [-0.2, 0) is 14.8 Å². The highest BCUT2D eigenvalue weighted by Crippen LogP contribution is 2.30. The SMILES string of the molecule is CCCCOC(=O)c1ccc(S(=O)(=O)N(C)c2ccccc2OC)cc1. The van der Waals surface area contributed by atoms with Gasteiger partial charge in [-0.3, -0.25) is 4.31 Å². The Balaban J connectivity index is 2.22. The number of unbranched alkanes of at least 4 members (excludes halogenated alkanes) is 1. The second-order valence-corrected chi connectivity index (χ2v) is 7.63. The lowest BCUT2D eigenvalue weighted by atomic mass is 10.2. The molecule has 0 unspecified atom stereocenters. The molecular weight excluding hydrogens is 354 g/mol. The first-order chi connectivity index (χ1) is 12.4. The zero-order valence-corrected chi connectivity index (χ0v) is 16.0. The Morgan fingerprint density at radius 3 is 2.35 bits per heavy atom. The lowest BCUT2D eigenvalue weighted by Crippen LogP contribution is -2.27. The Kier molecular flexibility index (Phi) is 6.63. The normalized spacial score (nSPS) is 11.0. The van der Waals surface area contributed by atoms with Gasteiger partial charge in [-0.1, -0.05) is 25.5 Å². The number of methoxy groups -OCH3 is 1. The molecular formula is C19H23NO5S. The largest absolute Gasteiger partial charge is 0.495 e. The Labute approximate surface area is 154 Å². The summed E-state index contributed by atoms with van der Waals surface area (Å²) in [6.07, 6.45) is 1.72. The molecule has 0 spiro atoms. The van der Waals surface area contributed by atoms with Crippen LogP contribution in [0.1, 0.15) is 30.1 Å². The topological polar surface area (TPSA) is 72.9 Å². The van der Waals surface area contributed by atoms with Crippen molar-refractivity contribution in [1.82, 2.24) is 0 Å². The van der Waals surface area contributed by atoms with E-state index < -0.39 is 16.0 Å². The molecule has 0 radical (unpaired) electrons. The van der Waals surface area contributed by atoms with Crippen LogP contribution in [0.4, 0.5) is 5.69 Å². The van der Waals surface area contributed by atoms with Crippen LogP contribution in [0.2, 0.25) is 0 Å². The Bertz CT molecular complexity index is 846. The monoisotopic (exact) mass is 377 g/mol. The summed E-state index contributed by atoms with van der Waals surface area (Å²) >= 11 is 0. The molecule has 0 N–H and O–H groups in total. The molecule has 6 nitrogen and oxygen atoms in total. The van der Waals surface area contributed by atoms with Gasteiger partial charge in [-0.05, 0) is 42.8 Å². The summed E-state index contributed by atoms with van der Waals surface area (Å²) in [5, 5.41) is 0. The fraction of sp³-hybridized carbons (Fsp3) is 0.316. The van der Waals surface area contributed by atoms with E-state index in [2.05, 4.69) is 0 Å². The van der Waals surface area contributed by atoms with Gasteiger partial charge >= 0.3 is 5.97 Å². The summed E-state index contributed by atoms with van der Waals surface area (Å²) in [7, 11) is -0.844. The van der Waals surface area contributed by atoms with Crippen LogP contribution < -0.4 is 9.04 Å². The molecule has 0 saturated heterocycles. The second-order valence-electron chi connectivity index (χ2n) is 5.66. The van der Waals surface area contributed by atoms with Gasteiger partial charge in [0.05, 0.1) is 29.9 Å². The molecule has 0 aliphatic heterocycles. The van der Waals surface area contributed by atoms with Crippen LogP contribution in [0.3, 0.4) is 0 Å². The molecule has 0 bridgehead atoms. The van der Waals surface area contributed by atoms with E-state index in [1.54, 1.807) is 24.3 Å². The minimum Gasteiger partial charge on any atom is -0.495 e. The van der Waals surface area contributed by atoms with Gasteiger partial charge in [0.2, 0.25) is 0 Å². The Hall–Kier alpha value is -2.54. The minimum atomic E-state index is -3.79. The fourth-order valence-corrected chi connectivity index (χ4v) is 3.54. The van der Waals surface area contributed by atoms with Crippen molar-refractivity contribution >= 4 is 21.7 Å². The first kappa shape index (κ1) is 19.8. The van der Waals surface area contributed by atoms with Crippen molar-refractivity contribution < 1.29 is 22.7 Å². The average molecular weight is 377 g/mol.